The number of hydrogen-bond donors (Lipinski definition) is 1. The van der Waals surface area contributed by atoms with Crippen LogP contribution in [0.15, 0.2) is 22.7 Å². The molecule has 1 heterocycles. The second-order valence-electron chi connectivity index (χ2n) is 5.33. The Morgan fingerprint density at radius 3 is 2.78 bits per heavy atom. The van der Waals surface area contributed by atoms with E-state index in [2.05, 4.69) is 21.2 Å². The van der Waals surface area contributed by atoms with Crippen molar-refractivity contribution in [2.24, 2.45) is 0 Å². The maximum atomic E-state index is 12.1. The zero-order chi connectivity index (χ0) is 17.0. The fourth-order valence-electron chi connectivity index (χ4n) is 2.08. The first-order valence-electron chi connectivity index (χ1n) is 7.02. The van der Waals surface area contributed by atoms with Crippen LogP contribution in [0, 0.1) is 6.92 Å². The summed E-state index contributed by atoms with van der Waals surface area (Å²) in [6.45, 7) is 1.86. The molecule has 1 aromatic carbocycles. The predicted octanol–water partition coefficient (Wildman–Crippen LogP) is 1.69. The second kappa shape index (κ2) is 7.83. The minimum Gasteiger partial charge on any atom is -0.335 e. The van der Waals surface area contributed by atoms with Gasteiger partial charge in [-0.2, -0.15) is 0 Å². The SMILES string of the molecule is Cc1cc(Br)ccc1NC(=O)CN(C)C(=O)CN1CSCC1=O. The number of aryl methyl sites for hydroxylation is 1. The summed E-state index contributed by atoms with van der Waals surface area (Å²) in [4.78, 5) is 38.5. The zero-order valence-electron chi connectivity index (χ0n) is 13.0. The van der Waals surface area contributed by atoms with Crippen LogP contribution in [0.25, 0.3) is 0 Å². The maximum absolute atomic E-state index is 12.1. The van der Waals surface area contributed by atoms with Crippen LogP contribution in [-0.4, -0.2) is 59.3 Å². The number of nitrogens with one attached hydrogen (secondary N) is 1. The number of likely N-dealkylation sites (N-methyl/N-ethyl adjacent to an activating group) is 1. The van der Waals surface area contributed by atoms with Gasteiger partial charge in [0.1, 0.15) is 6.54 Å². The van der Waals surface area contributed by atoms with Gasteiger partial charge in [-0.15, -0.1) is 11.8 Å². The Bertz CT molecular complexity index is 638. The molecule has 1 saturated heterocycles. The Kier molecular flexibility index (Phi) is 6.06. The first kappa shape index (κ1) is 17.8. The number of hydrogen-bond acceptors (Lipinski definition) is 4. The summed E-state index contributed by atoms with van der Waals surface area (Å²) in [5.41, 5.74) is 1.64. The van der Waals surface area contributed by atoms with Gasteiger partial charge >= 0.3 is 0 Å². The Balaban J connectivity index is 1.86. The van der Waals surface area contributed by atoms with E-state index in [0.29, 0.717) is 17.3 Å². The van der Waals surface area contributed by atoms with E-state index in [1.807, 2.05) is 19.1 Å². The first-order valence-corrected chi connectivity index (χ1v) is 8.97. The summed E-state index contributed by atoms with van der Waals surface area (Å²) in [7, 11) is 1.56. The van der Waals surface area contributed by atoms with Crippen LogP contribution < -0.4 is 5.32 Å². The monoisotopic (exact) mass is 399 g/mol. The van der Waals surface area contributed by atoms with Gasteiger partial charge in [0, 0.05) is 17.2 Å². The van der Waals surface area contributed by atoms with Gasteiger partial charge in [-0.3, -0.25) is 14.4 Å². The fourth-order valence-corrected chi connectivity index (χ4v) is 3.46. The third-order valence-corrected chi connectivity index (χ3v) is 4.86. The van der Waals surface area contributed by atoms with Crippen molar-refractivity contribution < 1.29 is 14.4 Å². The molecule has 0 radical (unpaired) electrons. The van der Waals surface area contributed by atoms with Crippen molar-refractivity contribution in [3.05, 3.63) is 28.2 Å². The van der Waals surface area contributed by atoms with E-state index in [1.165, 1.54) is 21.6 Å². The summed E-state index contributed by atoms with van der Waals surface area (Å²) in [6.07, 6.45) is 0. The lowest BCUT2D eigenvalue weighted by atomic mass is 10.2. The normalized spacial score (nSPS) is 14.0. The van der Waals surface area contributed by atoms with Gasteiger partial charge in [-0.05, 0) is 30.7 Å². The van der Waals surface area contributed by atoms with E-state index in [4.69, 9.17) is 0 Å². The van der Waals surface area contributed by atoms with E-state index < -0.39 is 0 Å². The van der Waals surface area contributed by atoms with Gasteiger partial charge in [-0.1, -0.05) is 15.9 Å². The summed E-state index contributed by atoms with van der Waals surface area (Å²) in [5, 5.41) is 2.79. The molecule has 8 heteroatoms. The molecule has 1 aliphatic heterocycles. The van der Waals surface area contributed by atoms with Crippen LogP contribution in [-0.2, 0) is 14.4 Å². The molecule has 0 atom stereocenters. The maximum Gasteiger partial charge on any atom is 0.243 e. The van der Waals surface area contributed by atoms with Crippen molar-refractivity contribution in [2.45, 2.75) is 6.92 Å². The molecular formula is C15H18BrN3O3S. The third kappa shape index (κ3) is 4.97. The van der Waals surface area contributed by atoms with Crippen LogP contribution >= 0.6 is 27.7 Å². The standard InChI is InChI=1S/C15H18BrN3O3S/c1-10-5-11(16)3-4-12(10)17-13(20)6-18(2)14(21)7-19-9-23-8-15(19)22/h3-5H,6-9H2,1-2H3,(H,17,20). The van der Waals surface area contributed by atoms with E-state index in [9.17, 15) is 14.4 Å². The van der Waals surface area contributed by atoms with Gasteiger partial charge in [0.2, 0.25) is 17.7 Å². The summed E-state index contributed by atoms with van der Waals surface area (Å²) in [6, 6.07) is 5.55. The summed E-state index contributed by atoms with van der Waals surface area (Å²) >= 11 is 4.85. The largest absolute Gasteiger partial charge is 0.335 e. The molecule has 1 N–H and O–H groups in total. The number of carbonyl (C=O) groups excluding carboxylic acids is 3. The molecule has 124 valence electrons. The van der Waals surface area contributed by atoms with Crippen molar-refractivity contribution in [1.82, 2.24) is 9.80 Å². The van der Waals surface area contributed by atoms with Gasteiger partial charge < -0.3 is 15.1 Å². The molecule has 0 saturated carbocycles. The third-order valence-electron chi connectivity index (χ3n) is 3.42. The summed E-state index contributed by atoms with van der Waals surface area (Å²) in [5.74, 6) is 0.395. The minimum absolute atomic E-state index is 0.0208. The lowest BCUT2D eigenvalue weighted by Gasteiger charge is -2.21. The molecule has 0 bridgehead atoms. The van der Waals surface area contributed by atoms with Crippen molar-refractivity contribution in [1.29, 1.82) is 0 Å². The Morgan fingerprint density at radius 1 is 1.43 bits per heavy atom. The molecule has 23 heavy (non-hydrogen) atoms. The Labute approximate surface area is 147 Å². The fraction of sp³-hybridized carbons (Fsp3) is 0.400. The average Bonchev–Trinajstić information content (AvgIpc) is 2.87. The Morgan fingerprint density at radius 2 is 2.17 bits per heavy atom. The molecule has 1 aromatic rings. The zero-order valence-corrected chi connectivity index (χ0v) is 15.4. The highest BCUT2D eigenvalue weighted by Gasteiger charge is 2.24. The molecule has 6 nitrogen and oxygen atoms in total. The molecule has 0 aromatic heterocycles. The number of nitrogens with zero attached hydrogens (tertiary/aromatic N) is 2. The molecule has 2 rings (SSSR count). The van der Waals surface area contributed by atoms with Crippen molar-refractivity contribution >= 4 is 51.1 Å². The van der Waals surface area contributed by atoms with E-state index in [1.54, 1.807) is 13.1 Å². The molecule has 1 fully saturated rings. The number of anilines is 1. The number of rotatable bonds is 5. The molecule has 3 amide bonds. The Hall–Kier alpha value is -1.54. The first-order chi connectivity index (χ1) is 10.9. The van der Waals surface area contributed by atoms with Crippen molar-refractivity contribution in [3.63, 3.8) is 0 Å². The highest BCUT2D eigenvalue weighted by Crippen LogP contribution is 2.20. The van der Waals surface area contributed by atoms with Crippen LogP contribution in [0.4, 0.5) is 5.69 Å². The number of thioether (sulfide) groups is 1. The predicted molar refractivity (Wildman–Crippen MR) is 94.2 cm³/mol. The van der Waals surface area contributed by atoms with Gasteiger partial charge in [0.25, 0.3) is 0 Å². The average molecular weight is 400 g/mol. The lowest BCUT2D eigenvalue weighted by molar-refractivity contribution is -0.138. The minimum atomic E-state index is -0.270. The van der Waals surface area contributed by atoms with Gasteiger partial charge in [0.05, 0.1) is 18.2 Å². The molecule has 0 unspecified atom stereocenters. The van der Waals surface area contributed by atoms with E-state index in [-0.39, 0.29) is 30.8 Å². The van der Waals surface area contributed by atoms with Gasteiger partial charge in [0.15, 0.2) is 0 Å². The van der Waals surface area contributed by atoms with Crippen LogP contribution in [0.5, 0.6) is 0 Å². The van der Waals surface area contributed by atoms with E-state index in [0.717, 1.165) is 10.0 Å². The molecular weight excluding hydrogens is 382 g/mol. The number of benzene rings is 1. The molecule has 0 aliphatic carbocycles. The highest BCUT2D eigenvalue weighted by molar-refractivity contribution is 9.10. The van der Waals surface area contributed by atoms with Gasteiger partial charge in [-0.25, -0.2) is 0 Å². The quantitative estimate of drug-likeness (QED) is 0.817. The number of halogens is 1. The van der Waals surface area contributed by atoms with Crippen LogP contribution in [0.2, 0.25) is 0 Å². The van der Waals surface area contributed by atoms with E-state index >= 15 is 0 Å². The highest BCUT2D eigenvalue weighted by atomic mass is 79.9. The van der Waals surface area contributed by atoms with Crippen LogP contribution in [0.1, 0.15) is 5.56 Å². The van der Waals surface area contributed by atoms with Crippen molar-refractivity contribution in [2.75, 3.05) is 37.1 Å². The van der Waals surface area contributed by atoms with Crippen molar-refractivity contribution in [3.8, 4) is 0 Å². The number of carbonyl (C=O) groups is 3. The number of amides is 3. The summed E-state index contributed by atoms with van der Waals surface area (Å²) < 4.78 is 0.938. The smallest absolute Gasteiger partial charge is 0.243 e. The lowest BCUT2D eigenvalue weighted by Crippen LogP contribution is -2.42. The second-order valence-corrected chi connectivity index (χ2v) is 7.20. The molecule has 0 spiro atoms. The van der Waals surface area contributed by atoms with Crippen LogP contribution in [0.3, 0.4) is 0 Å². The topological polar surface area (TPSA) is 69.7 Å². The molecule has 1 aliphatic rings.